The van der Waals surface area contributed by atoms with Gasteiger partial charge in [-0.15, -0.1) is 0 Å². The van der Waals surface area contributed by atoms with E-state index in [0.29, 0.717) is 23.4 Å². The number of ether oxygens (including phenoxy) is 1. The Morgan fingerprint density at radius 2 is 1.64 bits per heavy atom. The molecule has 1 atom stereocenters. The Morgan fingerprint density at radius 3 is 2.21 bits per heavy atom. The van der Waals surface area contributed by atoms with Crippen LogP contribution in [-0.2, 0) is 10.0 Å². The highest BCUT2D eigenvalue weighted by atomic mass is 32.2. The summed E-state index contributed by atoms with van der Waals surface area (Å²) in [7, 11) is -3.89. The fourth-order valence-electron chi connectivity index (χ4n) is 2.51. The molecule has 0 amide bonds. The lowest BCUT2D eigenvalue weighted by atomic mass is 10.3. The molecule has 0 aliphatic carbocycles. The van der Waals surface area contributed by atoms with Gasteiger partial charge in [-0.25, -0.2) is 18.4 Å². The summed E-state index contributed by atoms with van der Waals surface area (Å²) in [6.45, 7) is 4.16. The van der Waals surface area contributed by atoms with E-state index in [9.17, 15) is 13.5 Å². The number of aromatic nitrogens is 2. The van der Waals surface area contributed by atoms with Crippen molar-refractivity contribution in [1.82, 2.24) is 9.97 Å². The standard InChI is InChI=1S/C19H22N4O4S/c1-3-27-14-8-10-15(11-9-14)28(25,26)23-19-18(20-12-13(2)24)21-16-6-4-5-7-17(16)22-19/h4-11,13,24H,3,12H2,1-2H3,(H,20,21)(H,22,23)/t13-/m0/s1. The summed E-state index contributed by atoms with van der Waals surface area (Å²) < 4.78 is 33.4. The van der Waals surface area contributed by atoms with Crippen molar-refractivity contribution in [1.29, 1.82) is 0 Å². The molecule has 28 heavy (non-hydrogen) atoms. The number of nitrogens with one attached hydrogen (secondary N) is 2. The summed E-state index contributed by atoms with van der Waals surface area (Å²) in [5.74, 6) is 0.897. The number of anilines is 2. The first kappa shape index (κ1) is 19.8. The van der Waals surface area contributed by atoms with Crippen LogP contribution in [0.25, 0.3) is 11.0 Å². The van der Waals surface area contributed by atoms with Crippen molar-refractivity contribution in [2.24, 2.45) is 0 Å². The van der Waals surface area contributed by atoms with E-state index in [1.807, 2.05) is 13.0 Å². The zero-order valence-electron chi connectivity index (χ0n) is 15.6. The van der Waals surface area contributed by atoms with Crippen molar-refractivity contribution in [2.75, 3.05) is 23.2 Å². The van der Waals surface area contributed by atoms with Gasteiger partial charge in [0.1, 0.15) is 5.75 Å². The van der Waals surface area contributed by atoms with Crippen molar-refractivity contribution in [3.8, 4) is 5.75 Å². The molecular formula is C19H22N4O4S. The van der Waals surface area contributed by atoms with Crippen LogP contribution in [0.2, 0.25) is 0 Å². The second kappa shape index (κ2) is 8.41. The lowest BCUT2D eigenvalue weighted by Crippen LogP contribution is -2.20. The van der Waals surface area contributed by atoms with Crippen molar-refractivity contribution in [2.45, 2.75) is 24.8 Å². The van der Waals surface area contributed by atoms with Crippen molar-refractivity contribution >= 4 is 32.7 Å². The van der Waals surface area contributed by atoms with Gasteiger partial charge in [0.15, 0.2) is 11.6 Å². The van der Waals surface area contributed by atoms with Crippen molar-refractivity contribution < 1.29 is 18.3 Å². The maximum absolute atomic E-state index is 12.8. The van der Waals surface area contributed by atoms with Gasteiger partial charge >= 0.3 is 0 Å². The highest BCUT2D eigenvalue weighted by Crippen LogP contribution is 2.25. The molecule has 1 heterocycles. The first-order valence-electron chi connectivity index (χ1n) is 8.83. The molecule has 0 saturated carbocycles. The molecule has 9 heteroatoms. The fourth-order valence-corrected chi connectivity index (χ4v) is 3.52. The Kier molecular flexibility index (Phi) is 5.96. The van der Waals surface area contributed by atoms with Crippen LogP contribution >= 0.6 is 0 Å². The number of para-hydroxylation sites is 2. The minimum atomic E-state index is -3.89. The van der Waals surface area contributed by atoms with E-state index in [1.54, 1.807) is 37.3 Å². The lowest BCUT2D eigenvalue weighted by Gasteiger charge is -2.14. The van der Waals surface area contributed by atoms with Gasteiger partial charge in [0.05, 0.1) is 28.6 Å². The number of nitrogens with zero attached hydrogens (tertiary/aromatic N) is 2. The van der Waals surface area contributed by atoms with Crippen LogP contribution < -0.4 is 14.8 Å². The molecule has 8 nitrogen and oxygen atoms in total. The Labute approximate surface area is 163 Å². The Morgan fingerprint density at radius 1 is 1.04 bits per heavy atom. The van der Waals surface area contributed by atoms with Crippen LogP contribution in [0.3, 0.4) is 0 Å². The largest absolute Gasteiger partial charge is 0.494 e. The molecule has 148 valence electrons. The lowest BCUT2D eigenvalue weighted by molar-refractivity contribution is 0.208. The average Bonchev–Trinajstić information content (AvgIpc) is 2.66. The third-order valence-electron chi connectivity index (χ3n) is 3.81. The van der Waals surface area contributed by atoms with E-state index in [4.69, 9.17) is 4.74 Å². The Hall–Kier alpha value is -2.91. The first-order chi connectivity index (χ1) is 13.4. The number of hydrogen-bond donors (Lipinski definition) is 3. The number of aliphatic hydroxyl groups excluding tert-OH is 1. The molecule has 3 aromatic rings. The SMILES string of the molecule is CCOc1ccc(S(=O)(=O)Nc2nc3ccccc3nc2NC[C@H](C)O)cc1. The molecule has 0 unspecified atom stereocenters. The van der Waals surface area contributed by atoms with Crippen molar-refractivity contribution in [3.63, 3.8) is 0 Å². The number of rotatable bonds is 8. The maximum Gasteiger partial charge on any atom is 0.263 e. The number of sulfonamides is 1. The molecule has 3 N–H and O–H groups in total. The minimum absolute atomic E-state index is 0.0632. The van der Waals surface area contributed by atoms with Crippen molar-refractivity contribution in [3.05, 3.63) is 48.5 Å². The molecule has 0 aliphatic heterocycles. The van der Waals surface area contributed by atoms with E-state index < -0.39 is 16.1 Å². The molecule has 0 radical (unpaired) electrons. The van der Waals surface area contributed by atoms with Gasteiger partial charge in [0, 0.05) is 6.54 Å². The van der Waals surface area contributed by atoms with Crippen LogP contribution in [0.4, 0.5) is 11.6 Å². The molecule has 3 rings (SSSR count). The quantitative estimate of drug-likeness (QED) is 0.531. The third-order valence-corrected chi connectivity index (χ3v) is 5.17. The predicted molar refractivity (Wildman–Crippen MR) is 108 cm³/mol. The van der Waals surface area contributed by atoms with Gasteiger partial charge in [-0.2, -0.15) is 0 Å². The molecular weight excluding hydrogens is 380 g/mol. The zero-order chi connectivity index (χ0) is 20.1. The smallest absolute Gasteiger partial charge is 0.263 e. The van der Waals surface area contributed by atoms with E-state index >= 15 is 0 Å². The molecule has 0 fully saturated rings. The zero-order valence-corrected chi connectivity index (χ0v) is 16.4. The monoisotopic (exact) mass is 402 g/mol. The predicted octanol–water partition coefficient (Wildman–Crippen LogP) is 2.62. The van der Waals surface area contributed by atoms with Gasteiger partial charge in [-0.3, -0.25) is 4.72 Å². The normalized spacial score (nSPS) is 12.5. The highest BCUT2D eigenvalue weighted by Gasteiger charge is 2.19. The first-order valence-corrected chi connectivity index (χ1v) is 10.3. The molecule has 0 spiro atoms. The summed E-state index contributed by atoms with van der Waals surface area (Å²) in [5.41, 5.74) is 1.16. The van der Waals surface area contributed by atoms with Gasteiger partial charge in [-0.05, 0) is 50.2 Å². The second-order valence-electron chi connectivity index (χ2n) is 6.15. The molecule has 2 aromatic carbocycles. The molecule has 0 bridgehead atoms. The van der Waals surface area contributed by atoms with E-state index in [2.05, 4.69) is 20.0 Å². The minimum Gasteiger partial charge on any atom is -0.494 e. The summed E-state index contributed by atoms with van der Waals surface area (Å²) in [6.07, 6.45) is -0.635. The highest BCUT2D eigenvalue weighted by molar-refractivity contribution is 7.92. The maximum atomic E-state index is 12.8. The second-order valence-corrected chi connectivity index (χ2v) is 7.83. The molecule has 0 saturated heterocycles. The summed E-state index contributed by atoms with van der Waals surface area (Å²) in [6, 6.07) is 13.3. The number of benzene rings is 2. The average molecular weight is 402 g/mol. The van der Waals surface area contributed by atoms with Crippen LogP contribution in [0.5, 0.6) is 5.75 Å². The van der Waals surface area contributed by atoms with Crippen LogP contribution in [0.15, 0.2) is 53.4 Å². The molecule has 1 aromatic heterocycles. The fraction of sp³-hybridized carbons (Fsp3) is 0.263. The third kappa shape index (κ3) is 4.68. The topological polar surface area (TPSA) is 113 Å². The van der Waals surface area contributed by atoms with Gasteiger partial charge < -0.3 is 15.2 Å². The Balaban J connectivity index is 1.95. The number of aliphatic hydroxyl groups is 1. The number of fused-ring (bicyclic) bond motifs is 1. The summed E-state index contributed by atoms with van der Waals surface area (Å²) in [5, 5.41) is 12.5. The van der Waals surface area contributed by atoms with E-state index in [0.717, 1.165) is 0 Å². The van der Waals surface area contributed by atoms with Crippen LogP contribution in [0, 0.1) is 0 Å². The van der Waals surface area contributed by atoms with Crippen LogP contribution in [-0.4, -0.2) is 42.7 Å². The van der Waals surface area contributed by atoms with Gasteiger partial charge in [-0.1, -0.05) is 12.1 Å². The van der Waals surface area contributed by atoms with Crippen LogP contribution in [0.1, 0.15) is 13.8 Å². The number of hydrogen-bond acceptors (Lipinski definition) is 7. The van der Waals surface area contributed by atoms with Gasteiger partial charge in [0.25, 0.3) is 10.0 Å². The van der Waals surface area contributed by atoms with E-state index in [1.165, 1.54) is 12.1 Å². The Bertz CT molecular complexity index is 1050. The van der Waals surface area contributed by atoms with Gasteiger partial charge in [0.2, 0.25) is 0 Å². The summed E-state index contributed by atoms with van der Waals surface area (Å²) in [4.78, 5) is 8.90. The van der Waals surface area contributed by atoms with E-state index in [-0.39, 0.29) is 23.1 Å². The molecule has 0 aliphatic rings. The summed E-state index contributed by atoms with van der Waals surface area (Å²) >= 11 is 0.